The Balaban J connectivity index is 2.25. The van der Waals surface area contributed by atoms with Gasteiger partial charge >= 0.3 is 5.97 Å². The van der Waals surface area contributed by atoms with Crippen LogP contribution in [0.1, 0.15) is 5.56 Å². The molecule has 0 aliphatic carbocycles. The summed E-state index contributed by atoms with van der Waals surface area (Å²) in [5, 5.41) is 0.957. The number of carbonyl (C=O) groups excluding carboxylic acids is 1. The Bertz CT molecular complexity index is 655. The molecule has 104 valence electrons. The van der Waals surface area contributed by atoms with Crippen LogP contribution in [-0.2, 0) is 16.0 Å². The fourth-order valence-corrected chi connectivity index (χ4v) is 2.01. The maximum absolute atomic E-state index is 11.4. The van der Waals surface area contributed by atoms with Crippen molar-refractivity contribution in [1.82, 2.24) is 4.98 Å². The SMILES string of the molecule is C#CCOc1ccc2[nH]cc(CC(N)C(=O)OC)c2c1. The van der Waals surface area contributed by atoms with Crippen molar-refractivity contribution < 1.29 is 14.3 Å². The van der Waals surface area contributed by atoms with Crippen molar-refractivity contribution in [2.24, 2.45) is 5.73 Å². The number of aromatic nitrogens is 1. The zero-order chi connectivity index (χ0) is 14.5. The highest BCUT2D eigenvalue weighted by Crippen LogP contribution is 2.24. The lowest BCUT2D eigenvalue weighted by Gasteiger charge is -2.08. The van der Waals surface area contributed by atoms with E-state index in [1.807, 2.05) is 24.4 Å². The number of benzene rings is 1. The van der Waals surface area contributed by atoms with Crippen molar-refractivity contribution in [2.75, 3.05) is 13.7 Å². The molecule has 5 heteroatoms. The van der Waals surface area contributed by atoms with Gasteiger partial charge in [-0.3, -0.25) is 4.79 Å². The molecular formula is C15H16N2O3. The molecular weight excluding hydrogens is 256 g/mol. The zero-order valence-corrected chi connectivity index (χ0v) is 11.2. The molecule has 1 unspecified atom stereocenters. The Morgan fingerprint density at radius 1 is 1.55 bits per heavy atom. The molecule has 2 aromatic rings. The number of hydrogen-bond donors (Lipinski definition) is 2. The predicted molar refractivity (Wildman–Crippen MR) is 76.3 cm³/mol. The number of aromatic amines is 1. The topological polar surface area (TPSA) is 77.3 Å². The van der Waals surface area contributed by atoms with Gasteiger partial charge < -0.3 is 20.2 Å². The van der Waals surface area contributed by atoms with Gasteiger partial charge in [-0.15, -0.1) is 6.42 Å². The number of ether oxygens (including phenoxy) is 2. The fraction of sp³-hybridized carbons (Fsp3) is 0.267. The number of nitrogens with two attached hydrogens (primary N) is 1. The molecule has 0 fully saturated rings. The molecule has 1 aromatic heterocycles. The maximum atomic E-state index is 11.4. The number of H-pyrrole nitrogens is 1. The number of terminal acetylenes is 1. The summed E-state index contributed by atoms with van der Waals surface area (Å²) in [6, 6.07) is 4.92. The number of fused-ring (bicyclic) bond motifs is 1. The van der Waals surface area contributed by atoms with E-state index in [0.29, 0.717) is 12.2 Å². The van der Waals surface area contributed by atoms with Crippen LogP contribution in [0.4, 0.5) is 0 Å². The average molecular weight is 272 g/mol. The van der Waals surface area contributed by atoms with Gasteiger partial charge in [0.1, 0.15) is 18.4 Å². The van der Waals surface area contributed by atoms with Crippen LogP contribution in [0, 0.1) is 12.3 Å². The molecule has 0 aliphatic rings. The Labute approximate surface area is 117 Å². The molecule has 1 heterocycles. The Hall–Kier alpha value is -2.45. The molecule has 0 bridgehead atoms. The van der Waals surface area contributed by atoms with Gasteiger partial charge in [0, 0.05) is 23.5 Å². The highest BCUT2D eigenvalue weighted by Gasteiger charge is 2.16. The van der Waals surface area contributed by atoms with Crippen molar-refractivity contribution in [2.45, 2.75) is 12.5 Å². The summed E-state index contributed by atoms with van der Waals surface area (Å²) in [7, 11) is 1.32. The molecule has 1 aromatic carbocycles. The minimum absolute atomic E-state index is 0.215. The molecule has 0 spiro atoms. The predicted octanol–water partition coefficient (Wildman–Crippen LogP) is 1.22. The smallest absolute Gasteiger partial charge is 0.322 e. The average Bonchev–Trinajstić information content (AvgIpc) is 2.86. The summed E-state index contributed by atoms with van der Waals surface area (Å²) in [4.78, 5) is 14.5. The van der Waals surface area contributed by atoms with Crippen molar-refractivity contribution in [3.05, 3.63) is 30.0 Å². The lowest BCUT2D eigenvalue weighted by molar-refractivity contribution is -0.142. The molecule has 0 radical (unpaired) electrons. The third-order valence-corrected chi connectivity index (χ3v) is 3.00. The monoisotopic (exact) mass is 272 g/mol. The normalized spacial score (nSPS) is 11.8. The molecule has 20 heavy (non-hydrogen) atoms. The fourth-order valence-electron chi connectivity index (χ4n) is 2.01. The van der Waals surface area contributed by atoms with Crippen LogP contribution in [0.15, 0.2) is 24.4 Å². The van der Waals surface area contributed by atoms with E-state index in [1.54, 1.807) is 0 Å². The highest BCUT2D eigenvalue weighted by molar-refractivity contribution is 5.85. The van der Waals surface area contributed by atoms with E-state index >= 15 is 0 Å². The molecule has 2 rings (SSSR count). The molecule has 0 saturated heterocycles. The lowest BCUT2D eigenvalue weighted by Crippen LogP contribution is -2.33. The summed E-state index contributed by atoms with van der Waals surface area (Å²) in [5.74, 6) is 2.67. The second kappa shape index (κ2) is 6.13. The van der Waals surface area contributed by atoms with Crippen LogP contribution in [-0.4, -0.2) is 30.7 Å². The van der Waals surface area contributed by atoms with Crippen molar-refractivity contribution >= 4 is 16.9 Å². The van der Waals surface area contributed by atoms with Crippen LogP contribution in [0.2, 0.25) is 0 Å². The first-order chi connectivity index (χ1) is 9.65. The molecule has 3 N–H and O–H groups in total. The van der Waals surface area contributed by atoms with E-state index in [2.05, 4.69) is 15.6 Å². The van der Waals surface area contributed by atoms with E-state index in [9.17, 15) is 4.79 Å². The third-order valence-electron chi connectivity index (χ3n) is 3.00. The van der Waals surface area contributed by atoms with Gasteiger partial charge in [-0.1, -0.05) is 5.92 Å². The second-order valence-corrected chi connectivity index (χ2v) is 4.35. The summed E-state index contributed by atoms with van der Waals surface area (Å²) in [5.41, 5.74) is 7.67. The van der Waals surface area contributed by atoms with Gasteiger partial charge in [-0.2, -0.15) is 0 Å². The van der Waals surface area contributed by atoms with Crippen LogP contribution < -0.4 is 10.5 Å². The van der Waals surface area contributed by atoms with Crippen molar-refractivity contribution in [1.29, 1.82) is 0 Å². The first-order valence-corrected chi connectivity index (χ1v) is 6.15. The van der Waals surface area contributed by atoms with Gasteiger partial charge in [-0.05, 0) is 23.8 Å². The number of esters is 1. The quantitative estimate of drug-likeness (QED) is 0.634. The number of carbonyl (C=O) groups is 1. The molecule has 1 atom stereocenters. The number of nitrogens with one attached hydrogen (secondary N) is 1. The lowest BCUT2D eigenvalue weighted by atomic mass is 10.1. The van der Waals surface area contributed by atoms with E-state index < -0.39 is 12.0 Å². The largest absolute Gasteiger partial charge is 0.481 e. The van der Waals surface area contributed by atoms with Gasteiger partial charge in [0.05, 0.1) is 7.11 Å². The standard InChI is InChI=1S/C15H16N2O3/c1-3-6-20-11-4-5-14-12(8-11)10(9-17-14)7-13(16)15(18)19-2/h1,4-5,8-9,13,17H,6-7,16H2,2H3. The highest BCUT2D eigenvalue weighted by atomic mass is 16.5. The molecule has 5 nitrogen and oxygen atoms in total. The zero-order valence-electron chi connectivity index (χ0n) is 11.2. The first-order valence-electron chi connectivity index (χ1n) is 6.15. The maximum Gasteiger partial charge on any atom is 0.322 e. The van der Waals surface area contributed by atoms with E-state index in [0.717, 1.165) is 16.5 Å². The van der Waals surface area contributed by atoms with E-state index in [1.165, 1.54) is 7.11 Å². The number of hydrogen-bond acceptors (Lipinski definition) is 4. The van der Waals surface area contributed by atoms with Gasteiger partial charge in [-0.25, -0.2) is 0 Å². The molecule has 0 amide bonds. The Morgan fingerprint density at radius 2 is 2.35 bits per heavy atom. The third kappa shape index (κ3) is 2.92. The van der Waals surface area contributed by atoms with Crippen LogP contribution in [0.25, 0.3) is 10.9 Å². The summed E-state index contributed by atoms with van der Waals surface area (Å²) in [6.45, 7) is 0.215. The second-order valence-electron chi connectivity index (χ2n) is 4.35. The van der Waals surface area contributed by atoms with Crippen LogP contribution in [0.5, 0.6) is 5.75 Å². The van der Waals surface area contributed by atoms with Crippen molar-refractivity contribution in [3.63, 3.8) is 0 Å². The summed E-state index contributed by atoms with van der Waals surface area (Å²) >= 11 is 0. The van der Waals surface area contributed by atoms with Crippen LogP contribution >= 0.6 is 0 Å². The summed E-state index contributed by atoms with van der Waals surface area (Å²) in [6.07, 6.45) is 7.39. The summed E-state index contributed by atoms with van der Waals surface area (Å²) < 4.78 is 10.0. The van der Waals surface area contributed by atoms with Gasteiger partial charge in [0.25, 0.3) is 0 Å². The first kappa shape index (κ1) is 14.0. The number of rotatable bonds is 5. The Kier molecular flexibility index (Phi) is 4.28. The van der Waals surface area contributed by atoms with E-state index in [-0.39, 0.29) is 6.61 Å². The van der Waals surface area contributed by atoms with E-state index in [4.69, 9.17) is 16.9 Å². The number of methoxy groups -OCH3 is 1. The Morgan fingerprint density at radius 3 is 3.05 bits per heavy atom. The molecule has 0 saturated carbocycles. The van der Waals surface area contributed by atoms with Gasteiger partial charge in [0.15, 0.2) is 0 Å². The minimum atomic E-state index is -0.686. The van der Waals surface area contributed by atoms with Crippen LogP contribution in [0.3, 0.4) is 0 Å². The molecule has 0 aliphatic heterocycles. The minimum Gasteiger partial charge on any atom is -0.481 e. The van der Waals surface area contributed by atoms with Crippen molar-refractivity contribution in [3.8, 4) is 18.1 Å². The van der Waals surface area contributed by atoms with Gasteiger partial charge in [0.2, 0.25) is 0 Å².